The van der Waals surface area contributed by atoms with E-state index in [0.29, 0.717) is 38.3 Å². The molecule has 3 aromatic heterocycles. The average molecular weight is 474 g/mol. The highest BCUT2D eigenvalue weighted by atomic mass is 16.3. The van der Waals surface area contributed by atoms with Crippen LogP contribution in [0.25, 0.3) is 28.3 Å². The van der Waals surface area contributed by atoms with Gasteiger partial charge in [-0.1, -0.05) is 13.0 Å². The molecule has 9 nitrogen and oxygen atoms in total. The van der Waals surface area contributed by atoms with Crippen molar-refractivity contribution in [2.24, 2.45) is 0 Å². The number of hydrazine groups is 1. The van der Waals surface area contributed by atoms with Crippen molar-refractivity contribution in [2.75, 3.05) is 13.1 Å². The van der Waals surface area contributed by atoms with Gasteiger partial charge in [-0.3, -0.25) is 10.2 Å². The van der Waals surface area contributed by atoms with Gasteiger partial charge in [-0.15, -0.1) is 0 Å². The lowest BCUT2D eigenvalue weighted by atomic mass is 10.1. The first-order chi connectivity index (χ1) is 16.9. The van der Waals surface area contributed by atoms with Crippen molar-refractivity contribution in [3.63, 3.8) is 0 Å². The van der Waals surface area contributed by atoms with Gasteiger partial charge in [0.25, 0.3) is 5.91 Å². The number of hydrogen-bond acceptors (Lipinski definition) is 6. The molecular formula is C26H31N7O2. The van der Waals surface area contributed by atoms with Gasteiger partial charge < -0.3 is 14.7 Å². The standard InChI is InChI=1S/C26H31N7O2/c1-4-23-30-25-16(2)13-17(3)27-26(25)33(23)15-18-5-6-20-21(14-18)29-22(28-20)7-8-24(35)31-32-11-9-19(34)10-12-32/h5-8,13-14,19,34H,4,9-12,15H2,1-3H3,(H,28,29)(H,31,35)/b8-7+. The minimum absolute atomic E-state index is 0.209. The molecule has 4 aromatic rings. The molecule has 0 saturated carbocycles. The third-order valence-corrected chi connectivity index (χ3v) is 6.45. The van der Waals surface area contributed by atoms with Crippen molar-refractivity contribution in [2.45, 2.75) is 52.7 Å². The zero-order valence-electron chi connectivity index (χ0n) is 20.4. The molecule has 1 aromatic carbocycles. The number of nitrogens with one attached hydrogen (secondary N) is 2. The molecular weight excluding hydrogens is 442 g/mol. The lowest BCUT2D eigenvalue weighted by Gasteiger charge is -2.29. The summed E-state index contributed by atoms with van der Waals surface area (Å²) in [6.45, 7) is 8.17. The summed E-state index contributed by atoms with van der Waals surface area (Å²) >= 11 is 0. The molecule has 0 spiro atoms. The molecule has 4 heterocycles. The Morgan fingerprint density at radius 3 is 2.77 bits per heavy atom. The van der Waals surface area contributed by atoms with Crippen LogP contribution in [0.4, 0.5) is 0 Å². The van der Waals surface area contributed by atoms with Crippen LogP contribution in [0.5, 0.6) is 0 Å². The summed E-state index contributed by atoms with van der Waals surface area (Å²) in [5.41, 5.74) is 9.73. The van der Waals surface area contributed by atoms with E-state index in [-0.39, 0.29) is 12.0 Å². The SMILES string of the molecule is CCc1nc2c(C)cc(C)nc2n1Cc1ccc2nc(/C=C/C(=O)NN3CCC(O)CC3)[nH]c2c1. The Kier molecular flexibility index (Phi) is 6.36. The topological polar surface area (TPSA) is 112 Å². The van der Waals surface area contributed by atoms with Gasteiger partial charge in [0.2, 0.25) is 0 Å². The number of fused-ring (bicyclic) bond motifs is 2. The number of aliphatic hydroxyl groups excluding tert-OH is 1. The predicted molar refractivity (Wildman–Crippen MR) is 136 cm³/mol. The number of aromatic nitrogens is 5. The molecule has 35 heavy (non-hydrogen) atoms. The summed E-state index contributed by atoms with van der Waals surface area (Å²) in [6, 6.07) is 8.23. The zero-order chi connectivity index (χ0) is 24.5. The van der Waals surface area contributed by atoms with Crippen LogP contribution >= 0.6 is 0 Å². The van der Waals surface area contributed by atoms with Crippen molar-refractivity contribution in [3.8, 4) is 0 Å². The number of aryl methyl sites for hydroxylation is 3. The van der Waals surface area contributed by atoms with Crippen LogP contribution in [0, 0.1) is 13.8 Å². The third-order valence-electron chi connectivity index (χ3n) is 6.45. The van der Waals surface area contributed by atoms with Gasteiger partial charge in [-0.05, 0) is 62.1 Å². The number of amides is 1. The molecule has 1 fully saturated rings. The van der Waals surface area contributed by atoms with Crippen LogP contribution < -0.4 is 5.43 Å². The maximum atomic E-state index is 12.3. The van der Waals surface area contributed by atoms with Crippen molar-refractivity contribution in [1.82, 2.24) is 34.9 Å². The largest absolute Gasteiger partial charge is 0.393 e. The summed E-state index contributed by atoms with van der Waals surface area (Å²) in [5, 5.41) is 11.4. The van der Waals surface area contributed by atoms with E-state index < -0.39 is 0 Å². The number of benzene rings is 1. The zero-order valence-corrected chi connectivity index (χ0v) is 20.4. The number of aromatic amines is 1. The van der Waals surface area contributed by atoms with Gasteiger partial charge >= 0.3 is 0 Å². The van der Waals surface area contributed by atoms with Crippen LogP contribution in [0.15, 0.2) is 30.3 Å². The first-order valence-corrected chi connectivity index (χ1v) is 12.1. The molecule has 1 aliphatic rings. The summed E-state index contributed by atoms with van der Waals surface area (Å²) < 4.78 is 2.19. The molecule has 182 valence electrons. The minimum atomic E-state index is -0.273. The Balaban J connectivity index is 1.33. The number of pyridine rings is 1. The molecule has 0 bridgehead atoms. The number of H-pyrrole nitrogens is 1. The van der Waals surface area contributed by atoms with Gasteiger partial charge in [0, 0.05) is 31.3 Å². The van der Waals surface area contributed by atoms with E-state index in [1.807, 2.05) is 18.0 Å². The minimum Gasteiger partial charge on any atom is -0.393 e. The van der Waals surface area contributed by atoms with Crippen LogP contribution in [-0.4, -0.2) is 59.7 Å². The lowest BCUT2D eigenvalue weighted by Crippen LogP contribution is -2.47. The number of carbonyl (C=O) groups is 1. The summed E-state index contributed by atoms with van der Waals surface area (Å²) in [5.74, 6) is 1.43. The first-order valence-electron chi connectivity index (χ1n) is 12.1. The van der Waals surface area contributed by atoms with E-state index in [4.69, 9.17) is 9.97 Å². The van der Waals surface area contributed by atoms with Crippen LogP contribution in [0.2, 0.25) is 0 Å². The van der Waals surface area contributed by atoms with E-state index in [2.05, 4.69) is 52.0 Å². The summed E-state index contributed by atoms with van der Waals surface area (Å²) in [6.07, 6.45) is 5.05. The summed E-state index contributed by atoms with van der Waals surface area (Å²) in [7, 11) is 0. The van der Waals surface area contributed by atoms with Crippen molar-refractivity contribution in [3.05, 3.63) is 58.8 Å². The smallest absolute Gasteiger partial charge is 0.258 e. The molecule has 0 radical (unpaired) electrons. The van der Waals surface area contributed by atoms with E-state index in [1.165, 1.54) is 6.08 Å². The molecule has 0 unspecified atom stereocenters. The lowest BCUT2D eigenvalue weighted by molar-refractivity contribution is -0.122. The van der Waals surface area contributed by atoms with E-state index in [1.54, 1.807) is 6.08 Å². The Bertz CT molecular complexity index is 1410. The van der Waals surface area contributed by atoms with Crippen LogP contribution in [0.1, 0.15) is 48.2 Å². The highest BCUT2D eigenvalue weighted by Crippen LogP contribution is 2.22. The fourth-order valence-electron chi connectivity index (χ4n) is 4.65. The number of carbonyl (C=O) groups excluding carboxylic acids is 1. The third kappa shape index (κ3) is 4.96. The number of rotatable bonds is 6. The monoisotopic (exact) mass is 473 g/mol. The number of hydrogen-bond donors (Lipinski definition) is 3. The molecule has 1 amide bonds. The molecule has 1 saturated heterocycles. The Hall–Kier alpha value is -3.56. The second-order valence-electron chi connectivity index (χ2n) is 9.22. The van der Waals surface area contributed by atoms with Gasteiger partial charge in [-0.25, -0.2) is 20.0 Å². The fraction of sp³-hybridized carbons (Fsp3) is 0.385. The second-order valence-corrected chi connectivity index (χ2v) is 9.22. The van der Waals surface area contributed by atoms with Crippen molar-refractivity contribution < 1.29 is 9.90 Å². The van der Waals surface area contributed by atoms with Crippen LogP contribution in [0.3, 0.4) is 0 Å². The highest BCUT2D eigenvalue weighted by molar-refractivity contribution is 5.91. The first kappa shape index (κ1) is 23.2. The summed E-state index contributed by atoms with van der Waals surface area (Å²) in [4.78, 5) is 29.8. The number of nitrogens with zero attached hydrogens (tertiary/aromatic N) is 5. The second kappa shape index (κ2) is 9.59. The number of aliphatic hydroxyl groups is 1. The van der Waals surface area contributed by atoms with Crippen molar-refractivity contribution >= 4 is 34.2 Å². The fourth-order valence-corrected chi connectivity index (χ4v) is 4.65. The normalized spacial score (nSPS) is 15.5. The van der Waals surface area contributed by atoms with Crippen LogP contribution in [-0.2, 0) is 17.8 Å². The van der Waals surface area contributed by atoms with Gasteiger partial charge in [0.15, 0.2) is 5.65 Å². The molecule has 1 aliphatic heterocycles. The highest BCUT2D eigenvalue weighted by Gasteiger charge is 2.18. The molecule has 9 heteroatoms. The van der Waals surface area contributed by atoms with E-state index in [0.717, 1.165) is 51.3 Å². The Morgan fingerprint density at radius 1 is 1.20 bits per heavy atom. The maximum absolute atomic E-state index is 12.3. The number of piperidine rings is 1. The number of imidazole rings is 2. The molecule has 3 N–H and O–H groups in total. The Labute approximate surface area is 203 Å². The van der Waals surface area contributed by atoms with Gasteiger partial charge in [0.05, 0.1) is 23.7 Å². The van der Waals surface area contributed by atoms with Gasteiger partial charge in [0.1, 0.15) is 17.2 Å². The van der Waals surface area contributed by atoms with E-state index >= 15 is 0 Å². The average Bonchev–Trinajstić information content (AvgIpc) is 3.40. The molecule has 5 rings (SSSR count). The molecule has 0 atom stereocenters. The Morgan fingerprint density at radius 2 is 2.00 bits per heavy atom. The quantitative estimate of drug-likeness (QED) is 0.371. The molecule has 0 aliphatic carbocycles. The van der Waals surface area contributed by atoms with E-state index in [9.17, 15) is 9.90 Å². The van der Waals surface area contributed by atoms with Crippen molar-refractivity contribution in [1.29, 1.82) is 0 Å². The maximum Gasteiger partial charge on any atom is 0.258 e. The predicted octanol–water partition coefficient (Wildman–Crippen LogP) is 3.04. The van der Waals surface area contributed by atoms with Gasteiger partial charge in [-0.2, -0.15) is 0 Å².